The van der Waals surface area contributed by atoms with Gasteiger partial charge in [-0.3, -0.25) is 0 Å². The molecule has 2 aromatic rings. The molecule has 0 atom stereocenters. The minimum atomic E-state index is -0.967. The van der Waals surface area contributed by atoms with Gasteiger partial charge in [0.15, 0.2) is 0 Å². The Morgan fingerprint density at radius 1 is 0.971 bits per heavy atom. The van der Waals surface area contributed by atoms with E-state index in [9.17, 15) is 9.59 Å². The van der Waals surface area contributed by atoms with Crippen LogP contribution in [0.25, 0.3) is 11.3 Å². The summed E-state index contributed by atoms with van der Waals surface area (Å²) >= 11 is 6.51. The van der Waals surface area contributed by atoms with Crippen LogP contribution in [-0.2, 0) is 20.8 Å². The number of ether oxygens (including phenoxy) is 3. The molecule has 2 rings (SSSR count). The second kappa shape index (κ2) is 10.9. The number of hydrogen-bond donors (Lipinski definition) is 0. The van der Waals surface area contributed by atoms with Crippen molar-refractivity contribution in [1.82, 2.24) is 9.97 Å². The first-order valence-corrected chi connectivity index (χ1v) is 11.9. The van der Waals surface area contributed by atoms with Crippen LogP contribution >= 0.6 is 11.6 Å². The molecule has 8 nitrogen and oxygen atoms in total. The van der Waals surface area contributed by atoms with Gasteiger partial charge in [0.25, 0.3) is 0 Å². The third-order valence-corrected chi connectivity index (χ3v) is 4.96. The van der Waals surface area contributed by atoms with Crippen LogP contribution in [0.2, 0.25) is 5.15 Å². The standard InChI is InChI=1S/C26H36ClN3O5/c1-15(2)33-14-18-13-11-12-16(3)19(18)20-17(4)21(27)29-22(28-20)30(23(31)34-25(5,6)7)24(32)35-26(8,9)10/h11-13,15H,14H2,1-10H3. The topological polar surface area (TPSA) is 90.8 Å². The number of halogens is 1. The second-order valence-electron chi connectivity index (χ2n) is 10.6. The number of hydrogen-bond acceptors (Lipinski definition) is 7. The fraction of sp³-hybridized carbons (Fsp3) is 0.538. The number of aryl methyl sites for hydroxylation is 1. The molecule has 0 saturated carbocycles. The lowest BCUT2D eigenvalue weighted by molar-refractivity contribution is 0.0427. The Bertz CT molecular complexity index is 1060. The fourth-order valence-corrected chi connectivity index (χ4v) is 3.28. The Morgan fingerprint density at radius 2 is 1.51 bits per heavy atom. The smallest absolute Gasteiger partial charge is 0.427 e. The van der Waals surface area contributed by atoms with Crippen molar-refractivity contribution in [2.24, 2.45) is 0 Å². The molecule has 0 aliphatic heterocycles. The van der Waals surface area contributed by atoms with Gasteiger partial charge in [-0.1, -0.05) is 29.8 Å². The zero-order chi connectivity index (χ0) is 26.7. The third kappa shape index (κ3) is 7.90. The van der Waals surface area contributed by atoms with E-state index in [2.05, 4.69) is 9.97 Å². The highest BCUT2D eigenvalue weighted by molar-refractivity contribution is 6.30. The molecule has 1 aromatic heterocycles. The van der Waals surface area contributed by atoms with Gasteiger partial charge in [-0.2, -0.15) is 4.98 Å². The number of benzene rings is 1. The van der Waals surface area contributed by atoms with Gasteiger partial charge in [0.1, 0.15) is 16.4 Å². The average molecular weight is 506 g/mol. The van der Waals surface area contributed by atoms with E-state index in [-0.39, 0.29) is 17.2 Å². The molecule has 0 unspecified atom stereocenters. The summed E-state index contributed by atoms with van der Waals surface area (Å²) in [7, 11) is 0. The van der Waals surface area contributed by atoms with Gasteiger partial charge < -0.3 is 14.2 Å². The second-order valence-corrected chi connectivity index (χ2v) is 10.9. The molecule has 0 aliphatic carbocycles. The van der Waals surface area contributed by atoms with E-state index < -0.39 is 23.4 Å². The molecule has 0 radical (unpaired) electrons. The van der Waals surface area contributed by atoms with Gasteiger partial charge in [-0.25, -0.2) is 14.6 Å². The van der Waals surface area contributed by atoms with Crippen molar-refractivity contribution in [3.63, 3.8) is 0 Å². The molecule has 0 aliphatic rings. The predicted molar refractivity (Wildman–Crippen MR) is 137 cm³/mol. The van der Waals surface area contributed by atoms with Crippen molar-refractivity contribution in [2.45, 2.75) is 93.2 Å². The van der Waals surface area contributed by atoms with Crippen molar-refractivity contribution in [3.8, 4) is 11.3 Å². The summed E-state index contributed by atoms with van der Waals surface area (Å²) in [6.45, 7) is 18.2. The van der Waals surface area contributed by atoms with E-state index in [0.717, 1.165) is 16.7 Å². The summed E-state index contributed by atoms with van der Waals surface area (Å²) in [6, 6.07) is 5.83. The summed E-state index contributed by atoms with van der Waals surface area (Å²) in [4.78, 5) is 35.7. The Morgan fingerprint density at radius 3 is 2.00 bits per heavy atom. The highest BCUT2D eigenvalue weighted by Gasteiger charge is 2.35. The molecule has 0 fully saturated rings. The first-order chi connectivity index (χ1) is 16.0. The van der Waals surface area contributed by atoms with E-state index in [0.29, 0.717) is 22.8 Å². The maximum atomic E-state index is 13.1. The largest absolute Gasteiger partial charge is 0.443 e. The monoisotopic (exact) mass is 505 g/mol. The van der Waals surface area contributed by atoms with E-state index in [1.165, 1.54) is 0 Å². The van der Waals surface area contributed by atoms with Crippen molar-refractivity contribution in [1.29, 1.82) is 0 Å². The van der Waals surface area contributed by atoms with Crippen molar-refractivity contribution in [3.05, 3.63) is 40.0 Å². The normalized spacial score (nSPS) is 12.0. The minimum Gasteiger partial charge on any atom is -0.443 e. The number of nitrogens with zero attached hydrogens (tertiary/aromatic N) is 3. The number of amides is 2. The number of carbonyl (C=O) groups is 2. The van der Waals surface area contributed by atoms with Crippen molar-refractivity contribution < 1.29 is 23.8 Å². The van der Waals surface area contributed by atoms with Crippen LogP contribution in [-0.4, -0.2) is 39.5 Å². The maximum Gasteiger partial charge on any atom is 0.427 e. The molecule has 1 heterocycles. The Labute approximate surface area is 212 Å². The molecule has 9 heteroatoms. The van der Waals surface area contributed by atoms with Gasteiger partial charge in [0, 0.05) is 11.1 Å². The molecular weight excluding hydrogens is 470 g/mol. The molecule has 0 N–H and O–H groups in total. The van der Waals surface area contributed by atoms with Crippen LogP contribution in [0.15, 0.2) is 18.2 Å². The van der Waals surface area contributed by atoms with Crippen molar-refractivity contribution >= 4 is 29.7 Å². The van der Waals surface area contributed by atoms with E-state index >= 15 is 0 Å². The van der Waals surface area contributed by atoms with Gasteiger partial charge in [0.2, 0.25) is 5.95 Å². The summed E-state index contributed by atoms with van der Waals surface area (Å²) in [6.07, 6.45) is -1.90. The Kier molecular flexibility index (Phi) is 8.89. The fourth-order valence-electron chi connectivity index (χ4n) is 3.12. The lowest BCUT2D eigenvalue weighted by atomic mass is 9.97. The summed E-state index contributed by atoms with van der Waals surface area (Å²) in [5.74, 6) is -0.238. The molecule has 0 bridgehead atoms. The van der Waals surface area contributed by atoms with Gasteiger partial charge in [-0.15, -0.1) is 4.90 Å². The first kappa shape index (κ1) is 28.5. The number of anilines is 1. The average Bonchev–Trinajstić information content (AvgIpc) is 2.66. The van der Waals surface area contributed by atoms with E-state index in [1.54, 1.807) is 48.5 Å². The van der Waals surface area contributed by atoms with E-state index in [4.69, 9.17) is 25.8 Å². The highest BCUT2D eigenvalue weighted by Crippen LogP contribution is 2.34. The number of aromatic nitrogens is 2. The molecule has 192 valence electrons. The molecule has 0 spiro atoms. The van der Waals surface area contributed by atoms with Crippen LogP contribution in [0.3, 0.4) is 0 Å². The van der Waals surface area contributed by atoms with E-state index in [1.807, 2.05) is 39.0 Å². The maximum absolute atomic E-state index is 13.1. The highest BCUT2D eigenvalue weighted by atomic mass is 35.5. The molecule has 0 saturated heterocycles. The van der Waals surface area contributed by atoms with Gasteiger partial charge in [-0.05, 0) is 80.4 Å². The molecular formula is C26H36ClN3O5. The summed E-state index contributed by atoms with van der Waals surface area (Å²) in [5, 5.41) is 0.0982. The zero-order valence-corrected chi connectivity index (χ0v) is 23.0. The Hall–Kier alpha value is -2.71. The Balaban J connectivity index is 2.71. The summed E-state index contributed by atoms with van der Waals surface area (Å²) in [5.41, 5.74) is 1.97. The van der Waals surface area contributed by atoms with Crippen molar-refractivity contribution in [2.75, 3.05) is 4.90 Å². The first-order valence-electron chi connectivity index (χ1n) is 11.5. The van der Waals surface area contributed by atoms with Crippen LogP contribution < -0.4 is 4.90 Å². The van der Waals surface area contributed by atoms with Crippen LogP contribution in [0.1, 0.15) is 72.1 Å². The molecule has 2 amide bonds. The summed E-state index contributed by atoms with van der Waals surface area (Å²) < 4.78 is 16.8. The van der Waals surface area contributed by atoms with Crippen LogP contribution in [0.5, 0.6) is 0 Å². The number of imide groups is 1. The quantitative estimate of drug-likeness (QED) is 0.403. The lowest BCUT2D eigenvalue weighted by Crippen LogP contribution is -2.44. The minimum absolute atomic E-state index is 0.0313. The SMILES string of the molecule is Cc1cccc(COC(C)C)c1-c1nc(N(C(=O)OC(C)(C)C)C(=O)OC(C)(C)C)nc(Cl)c1C. The van der Waals surface area contributed by atoms with Gasteiger partial charge >= 0.3 is 12.2 Å². The number of rotatable bonds is 5. The predicted octanol–water partition coefficient (Wildman–Crippen LogP) is 7.02. The zero-order valence-electron chi connectivity index (χ0n) is 22.3. The van der Waals surface area contributed by atoms with Crippen LogP contribution in [0.4, 0.5) is 15.5 Å². The number of carbonyl (C=O) groups excluding carboxylic acids is 2. The molecule has 35 heavy (non-hydrogen) atoms. The van der Waals surface area contributed by atoms with Crippen LogP contribution in [0, 0.1) is 13.8 Å². The molecule has 1 aromatic carbocycles. The lowest BCUT2D eigenvalue weighted by Gasteiger charge is -2.28. The third-order valence-electron chi connectivity index (χ3n) is 4.59. The van der Waals surface area contributed by atoms with Gasteiger partial charge in [0.05, 0.1) is 18.4 Å².